The number of rotatable bonds is 4. The van der Waals surface area contributed by atoms with Crippen molar-refractivity contribution in [3.63, 3.8) is 0 Å². The van der Waals surface area contributed by atoms with Crippen LogP contribution in [0, 0.1) is 6.92 Å². The van der Waals surface area contributed by atoms with Gasteiger partial charge >= 0.3 is 0 Å². The lowest BCUT2D eigenvalue weighted by atomic mass is 9.88. The van der Waals surface area contributed by atoms with Gasteiger partial charge in [0, 0.05) is 43.3 Å². The molecule has 6 heteroatoms. The van der Waals surface area contributed by atoms with Crippen LogP contribution < -0.4 is 5.73 Å². The van der Waals surface area contributed by atoms with Crippen LogP contribution in [0.25, 0.3) is 10.4 Å². The normalized spacial score (nSPS) is 23.7. The van der Waals surface area contributed by atoms with E-state index in [1.807, 2.05) is 11.8 Å². The number of hydrogen-bond donors (Lipinski definition) is 1. The van der Waals surface area contributed by atoms with Crippen LogP contribution in [0.1, 0.15) is 58.8 Å². The maximum absolute atomic E-state index is 12.9. The summed E-state index contributed by atoms with van der Waals surface area (Å²) in [4.78, 5) is 19.6. The van der Waals surface area contributed by atoms with E-state index < -0.39 is 0 Å². The molecule has 1 amide bonds. The zero-order valence-corrected chi connectivity index (χ0v) is 19.9. The molecule has 1 aromatic carbocycles. The van der Waals surface area contributed by atoms with Crippen molar-refractivity contribution in [1.82, 2.24) is 9.80 Å². The largest absolute Gasteiger partial charge is 0.381 e. The Morgan fingerprint density at radius 1 is 1.03 bits per heavy atom. The Morgan fingerprint density at radius 2 is 1.75 bits per heavy atom. The Bertz CT molecular complexity index is 927. The SMILES string of the molecule is Cc1cc(-c2ccc(C3CCN(C4CCOCC4)CC3)cc2)sc1C(=O)N1CC[C@H](N)C1. The number of aryl methyl sites for hydroxylation is 1. The van der Waals surface area contributed by atoms with Gasteiger partial charge in [-0.2, -0.15) is 0 Å². The van der Waals surface area contributed by atoms with Gasteiger partial charge in [-0.1, -0.05) is 24.3 Å². The Labute approximate surface area is 195 Å². The third-order valence-corrected chi connectivity index (χ3v) is 8.80. The first-order valence-corrected chi connectivity index (χ1v) is 13.0. The maximum atomic E-state index is 12.9. The van der Waals surface area contributed by atoms with Gasteiger partial charge in [-0.25, -0.2) is 0 Å². The van der Waals surface area contributed by atoms with Crippen LogP contribution in [0.15, 0.2) is 30.3 Å². The molecule has 3 aliphatic rings. The van der Waals surface area contributed by atoms with Crippen LogP contribution >= 0.6 is 11.3 Å². The molecule has 1 aromatic heterocycles. The van der Waals surface area contributed by atoms with Crippen molar-refractivity contribution in [3.8, 4) is 10.4 Å². The Kier molecular flexibility index (Phi) is 6.65. The number of thiophene rings is 1. The standard InChI is InChI=1S/C26H35N3O2S/c1-18-16-24(32-25(18)26(30)29-13-8-22(27)17-29)21-4-2-19(3-5-21)20-6-11-28(12-7-20)23-9-14-31-15-10-23/h2-5,16,20,22-23H,6-15,17,27H2,1H3/t22-/m0/s1. The molecule has 3 saturated heterocycles. The number of likely N-dealkylation sites (tertiary alicyclic amines) is 2. The van der Waals surface area contributed by atoms with E-state index in [9.17, 15) is 4.79 Å². The first kappa shape index (κ1) is 22.1. The third-order valence-electron chi connectivity index (χ3n) is 7.53. The second-order valence-corrected chi connectivity index (χ2v) is 10.8. The lowest BCUT2D eigenvalue weighted by molar-refractivity contribution is 0.0252. The summed E-state index contributed by atoms with van der Waals surface area (Å²) in [5.74, 6) is 0.793. The van der Waals surface area contributed by atoms with Crippen molar-refractivity contribution < 1.29 is 9.53 Å². The molecule has 0 saturated carbocycles. The predicted molar refractivity (Wildman–Crippen MR) is 130 cm³/mol. The number of amides is 1. The highest BCUT2D eigenvalue weighted by atomic mass is 32.1. The molecule has 0 spiro atoms. The fourth-order valence-electron chi connectivity index (χ4n) is 5.52. The third kappa shape index (κ3) is 4.65. The summed E-state index contributed by atoms with van der Waals surface area (Å²) in [6, 6.07) is 12.1. The molecule has 32 heavy (non-hydrogen) atoms. The van der Waals surface area contributed by atoms with Crippen LogP contribution in [0.4, 0.5) is 0 Å². The van der Waals surface area contributed by atoms with E-state index in [0.29, 0.717) is 12.5 Å². The average Bonchev–Trinajstić information content (AvgIpc) is 3.45. The quantitative estimate of drug-likeness (QED) is 0.752. The lowest BCUT2D eigenvalue weighted by Gasteiger charge is -2.39. The first-order chi connectivity index (χ1) is 15.6. The molecule has 172 valence electrons. The van der Waals surface area contributed by atoms with Crippen molar-refractivity contribution in [3.05, 3.63) is 46.3 Å². The van der Waals surface area contributed by atoms with E-state index >= 15 is 0 Å². The van der Waals surface area contributed by atoms with E-state index in [1.165, 1.54) is 54.8 Å². The molecule has 4 heterocycles. The van der Waals surface area contributed by atoms with E-state index in [1.54, 1.807) is 11.3 Å². The van der Waals surface area contributed by atoms with Gasteiger partial charge in [0.15, 0.2) is 0 Å². The molecule has 5 nitrogen and oxygen atoms in total. The van der Waals surface area contributed by atoms with E-state index in [0.717, 1.165) is 42.7 Å². The highest BCUT2D eigenvalue weighted by Gasteiger charge is 2.28. The molecule has 5 rings (SSSR count). The minimum atomic E-state index is 0.120. The highest BCUT2D eigenvalue weighted by Crippen LogP contribution is 2.35. The van der Waals surface area contributed by atoms with Gasteiger partial charge in [0.2, 0.25) is 0 Å². The topological polar surface area (TPSA) is 58.8 Å². The number of ether oxygens (including phenoxy) is 1. The predicted octanol–water partition coefficient (Wildman–Crippen LogP) is 4.26. The number of nitrogens with zero attached hydrogens (tertiary/aromatic N) is 2. The fraction of sp³-hybridized carbons (Fsp3) is 0.577. The second-order valence-electron chi connectivity index (χ2n) is 9.70. The van der Waals surface area contributed by atoms with Gasteiger partial charge in [-0.05, 0) is 80.8 Å². The Morgan fingerprint density at radius 3 is 2.41 bits per heavy atom. The maximum Gasteiger partial charge on any atom is 0.264 e. The molecule has 0 bridgehead atoms. The van der Waals surface area contributed by atoms with Crippen molar-refractivity contribution >= 4 is 17.2 Å². The van der Waals surface area contributed by atoms with Gasteiger partial charge < -0.3 is 20.3 Å². The molecular formula is C26H35N3O2S. The van der Waals surface area contributed by atoms with Crippen LogP contribution in [0.3, 0.4) is 0 Å². The van der Waals surface area contributed by atoms with Gasteiger partial charge in [0.1, 0.15) is 0 Å². The summed E-state index contributed by atoms with van der Waals surface area (Å²) in [7, 11) is 0. The minimum absolute atomic E-state index is 0.120. The molecule has 0 unspecified atom stereocenters. The van der Waals surface area contributed by atoms with Gasteiger partial charge in [-0.15, -0.1) is 11.3 Å². The van der Waals surface area contributed by atoms with Gasteiger partial charge in [0.05, 0.1) is 4.88 Å². The van der Waals surface area contributed by atoms with Gasteiger partial charge in [-0.3, -0.25) is 4.79 Å². The van der Waals surface area contributed by atoms with Gasteiger partial charge in [0.25, 0.3) is 5.91 Å². The number of piperidine rings is 1. The van der Waals surface area contributed by atoms with E-state index in [-0.39, 0.29) is 11.9 Å². The zero-order valence-electron chi connectivity index (χ0n) is 19.1. The van der Waals surface area contributed by atoms with Crippen LogP contribution in [0.5, 0.6) is 0 Å². The number of benzene rings is 1. The van der Waals surface area contributed by atoms with Crippen LogP contribution in [-0.4, -0.2) is 67.2 Å². The summed E-state index contributed by atoms with van der Waals surface area (Å²) in [5, 5.41) is 0. The highest BCUT2D eigenvalue weighted by molar-refractivity contribution is 7.17. The molecule has 1 atom stereocenters. The van der Waals surface area contributed by atoms with Crippen molar-refractivity contribution in [2.75, 3.05) is 39.4 Å². The van der Waals surface area contributed by atoms with Crippen LogP contribution in [0.2, 0.25) is 0 Å². The zero-order chi connectivity index (χ0) is 22.1. The fourth-order valence-corrected chi connectivity index (χ4v) is 6.67. The number of nitrogens with two attached hydrogens (primary N) is 1. The first-order valence-electron chi connectivity index (χ1n) is 12.2. The van der Waals surface area contributed by atoms with Crippen molar-refractivity contribution in [1.29, 1.82) is 0 Å². The number of hydrogen-bond acceptors (Lipinski definition) is 5. The minimum Gasteiger partial charge on any atom is -0.381 e. The van der Waals surface area contributed by atoms with Crippen LogP contribution in [-0.2, 0) is 4.74 Å². The van der Waals surface area contributed by atoms with E-state index in [2.05, 4.69) is 35.2 Å². The number of carbonyl (C=O) groups is 1. The summed E-state index contributed by atoms with van der Waals surface area (Å²) in [5.41, 5.74) is 9.73. The summed E-state index contributed by atoms with van der Waals surface area (Å²) in [6.45, 7) is 7.74. The smallest absolute Gasteiger partial charge is 0.264 e. The summed E-state index contributed by atoms with van der Waals surface area (Å²) < 4.78 is 5.53. The number of carbonyl (C=O) groups excluding carboxylic acids is 1. The summed E-state index contributed by atoms with van der Waals surface area (Å²) >= 11 is 1.62. The van der Waals surface area contributed by atoms with Crippen molar-refractivity contribution in [2.45, 2.75) is 57.0 Å². The molecule has 3 fully saturated rings. The molecule has 3 aliphatic heterocycles. The Hall–Kier alpha value is -1.73. The molecule has 2 N–H and O–H groups in total. The monoisotopic (exact) mass is 453 g/mol. The average molecular weight is 454 g/mol. The molecular weight excluding hydrogens is 418 g/mol. The summed E-state index contributed by atoms with van der Waals surface area (Å²) in [6.07, 6.45) is 5.76. The molecule has 2 aromatic rings. The molecule has 0 aliphatic carbocycles. The van der Waals surface area contributed by atoms with E-state index in [4.69, 9.17) is 10.5 Å². The second kappa shape index (κ2) is 9.64. The molecule has 0 radical (unpaired) electrons. The Balaban J connectivity index is 1.22. The van der Waals surface area contributed by atoms with Crippen molar-refractivity contribution in [2.24, 2.45) is 5.73 Å². The lowest BCUT2D eigenvalue weighted by Crippen LogP contribution is -2.43.